The van der Waals surface area contributed by atoms with Crippen molar-refractivity contribution in [3.05, 3.63) is 0 Å². The molecule has 0 saturated carbocycles. The zero-order chi connectivity index (χ0) is 13.5. The molecule has 8 nitrogen and oxygen atoms in total. The van der Waals surface area contributed by atoms with Gasteiger partial charge >= 0.3 is 15.6 Å². The molecule has 0 rings (SSSR count). The van der Waals surface area contributed by atoms with Crippen LogP contribution in [0.15, 0.2) is 0 Å². The Kier molecular flexibility index (Phi) is 7.71. The van der Waals surface area contributed by atoms with E-state index in [9.17, 15) is 9.13 Å². The third-order valence-electron chi connectivity index (χ3n) is 1.87. The van der Waals surface area contributed by atoms with Gasteiger partial charge in [-0.2, -0.15) is 0 Å². The maximum atomic E-state index is 10.6. The predicted octanol–water partition coefficient (Wildman–Crippen LogP) is 1.15. The first-order valence-electron chi connectivity index (χ1n) is 5.08. The summed E-state index contributed by atoms with van der Waals surface area (Å²) in [6, 6.07) is 0. The highest BCUT2D eigenvalue weighted by Crippen LogP contribution is 2.40. The summed E-state index contributed by atoms with van der Waals surface area (Å²) in [5, 5.41) is 0. The van der Waals surface area contributed by atoms with Crippen molar-refractivity contribution in [2.24, 2.45) is 0 Å². The third kappa shape index (κ3) is 12.5. The van der Waals surface area contributed by atoms with Crippen molar-refractivity contribution in [1.29, 1.82) is 0 Å². The van der Waals surface area contributed by atoms with Crippen LogP contribution in [0, 0.1) is 0 Å². The Morgan fingerprint density at radius 2 is 1.65 bits per heavy atom. The highest BCUT2D eigenvalue weighted by Gasteiger charge is 2.23. The van der Waals surface area contributed by atoms with E-state index in [0.717, 1.165) is 6.42 Å². The van der Waals surface area contributed by atoms with Crippen molar-refractivity contribution in [3.63, 3.8) is 0 Å². The minimum Gasteiger partial charge on any atom is -0.303 e. The highest BCUT2D eigenvalue weighted by atomic mass is 31.2. The summed E-state index contributed by atoms with van der Waals surface area (Å²) in [6.45, 7) is 1.58. The third-order valence-corrected chi connectivity index (χ3v) is 2.96. The van der Waals surface area contributed by atoms with Crippen LogP contribution in [0.5, 0.6) is 0 Å². The molecule has 104 valence electrons. The smallest absolute Gasteiger partial charge is 0.303 e. The normalized spacial score (nSPS) is 14.9. The molecule has 0 bridgehead atoms. The Morgan fingerprint density at radius 1 is 1.06 bits per heavy atom. The van der Waals surface area contributed by atoms with E-state index in [2.05, 4.69) is 9.05 Å². The number of hydrogen-bond donors (Lipinski definition) is 4. The number of phosphoric ester groups is 2. The van der Waals surface area contributed by atoms with Crippen LogP contribution in [-0.2, 0) is 18.2 Å². The molecule has 4 N–H and O–H groups in total. The quantitative estimate of drug-likeness (QED) is 0.465. The van der Waals surface area contributed by atoms with Crippen molar-refractivity contribution < 1.29 is 37.8 Å². The molecule has 0 heterocycles. The molecule has 0 aliphatic rings. The van der Waals surface area contributed by atoms with Gasteiger partial charge in [0.2, 0.25) is 0 Å². The first-order valence-corrected chi connectivity index (χ1v) is 8.14. The summed E-state index contributed by atoms with van der Waals surface area (Å²) in [5.74, 6) is 0. The van der Waals surface area contributed by atoms with Gasteiger partial charge in [-0.1, -0.05) is 19.8 Å². The first kappa shape index (κ1) is 17.2. The second kappa shape index (κ2) is 7.61. The molecular weight excluding hydrogens is 274 g/mol. The zero-order valence-electron chi connectivity index (χ0n) is 9.43. The molecule has 0 radical (unpaired) electrons. The van der Waals surface area contributed by atoms with Gasteiger partial charge in [0.1, 0.15) is 0 Å². The summed E-state index contributed by atoms with van der Waals surface area (Å²) in [4.78, 5) is 34.1. The monoisotopic (exact) mass is 292 g/mol. The molecule has 0 spiro atoms. The number of rotatable bonds is 9. The molecule has 0 aromatic rings. The van der Waals surface area contributed by atoms with Gasteiger partial charge in [0, 0.05) is 0 Å². The molecular formula is C7H18O8P2. The number of unbranched alkanes of at least 4 members (excludes halogenated alkanes) is 1. The van der Waals surface area contributed by atoms with E-state index >= 15 is 0 Å². The van der Waals surface area contributed by atoms with Crippen LogP contribution in [0.3, 0.4) is 0 Å². The van der Waals surface area contributed by atoms with Crippen molar-refractivity contribution in [2.75, 3.05) is 6.61 Å². The van der Waals surface area contributed by atoms with E-state index in [1.807, 2.05) is 6.92 Å². The van der Waals surface area contributed by atoms with Crippen LogP contribution in [0.1, 0.15) is 32.6 Å². The van der Waals surface area contributed by atoms with E-state index in [-0.39, 0.29) is 13.0 Å². The van der Waals surface area contributed by atoms with E-state index in [0.29, 0.717) is 12.8 Å². The average Bonchev–Trinajstić information content (AvgIpc) is 2.09. The molecule has 0 aliphatic heterocycles. The lowest BCUT2D eigenvalue weighted by Crippen LogP contribution is -2.14. The van der Waals surface area contributed by atoms with E-state index in [4.69, 9.17) is 19.6 Å². The van der Waals surface area contributed by atoms with Crippen LogP contribution in [0.25, 0.3) is 0 Å². The molecule has 10 heteroatoms. The maximum Gasteiger partial charge on any atom is 0.469 e. The zero-order valence-corrected chi connectivity index (χ0v) is 11.2. The Hall–Kier alpha value is 0.220. The Bertz CT molecular complexity index is 294. The van der Waals surface area contributed by atoms with Gasteiger partial charge in [-0.05, 0) is 12.8 Å². The lowest BCUT2D eigenvalue weighted by molar-refractivity contribution is 0.0976. The molecule has 0 aromatic heterocycles. The van der Waals surface area contributed by atoms with Crippen molar-refractivity contribution >= 4 is 15.6 Å². The summed E-state index contributed by atoms with van der Waals surface area (Å²) in [5.41, 5.74) is 0. The van der Waals surface area contributed by atoms with Crippen LogP contribution in [0.4, 0.5) is 0 Å². The van der Waals surface area contributed by atoms with Crippen LogP contribution in [-0.4, -0.2) is 32.3 Å². The molecule has 0 fully saturated rings. The minimum atomic E-state index is -4.59. The molecule has 0 saturated heterocycles. The van der Waals surface area contributed by atoms with Crippen LogP contribution >= 0.6 is 15.6 Å². The summed E-state index contributed by atoms with van der Waals surface area (Å²) in [7, 11) is -9.14. The van der Waals surface area contributed by atoms with E-state index < -0.39 is 21.7 Å². The van der Waals surface area contributed by atoms with Gasteiger partial charge in [-0.3, -0.25) is 9.05 Å². The fraction of sp³-hybridized carbons (Fsp3) is 1.00. The Labute approximate surface area is 99.4 Å². The molecule has 1 unspecified atom stereocenters. The van der Waals surface area contributed by atoms with Crippen molar-refractivity contribution in [3.8, 4) is 0 Å². The Morgan fingerprint density at radius 3 is 2.06 bits per heavy atom. The maximum absolute atomic E-state index is 10.6. The van der Waals surface area contributed by atoms with Gasteiger partial charge in [0.05, 0.1) is 12.7 Å². The SMILES string of the molecule is CCCCC(CCOP(=O)(O)O)OP(=O)(O)O. The summed E-state index contributed by atoms with van der Waals surface area (Å²) in [6.07, 6.45) is 1.14. The molecule has 1 atom stereocenters. The van der Waals surface area contributed by atoms with Crippen molar-refractivity contribution in [2.45, 2.75) is 38.7 Å². The largest absolute Gasteiger partial charge is 0.469 e. The molecule has 0 aromatic carbocycles. The van der Waals surface area contributed by atoms with Gasteiger partial charge in [0.15, 0.2) is 0 Å². The average molecular weight is 292 g/mol. The summed E-state index contributed by atoms with van der Waals surface area (Å²) >= 11 is 0. The van der Waals surface area contributed by atoms with Crippen LogP contribution in [0.2, 0.25) is 0 Å². The predicted molar refractivity (Wildman–Crippen MR) is 59.1 cm³/mol. The lowest BCUT2D eigenvalue weighted by Gasteiger charge is -2.17. The second-order valence-electron chi connectivity index (χ2n) is 3.47. The fourth-order valence-electron chi connectivity index (χ4n) is 1.18. The minimum absolute atomic E-state index is 0.0101. The van der Waals surface area contributed by atoms with E-state index in [1.54, 1.807) is 0 Å². The van der Waals surface area contributed by atoms with Gasteiger partial charge in [0.25, 0.3) is 0 Å². The fourth-order valence-corrected chi connectivity index (χ4v) is 2.12. The molecule has 0 amide bonds. The molecule has 17 heavy (non-hydrogen) atoms. The number of phosphoric acid groups is 2. The standard InChI is InChI=1S/C7H18O8P2/c1-2-3-4-7(15-17(11,12)13)5-6-14-16(8,9)10/h7H,2-6H2,1H3,(H2,8,9,10)(H2,11,12,13). The highest BCUT2D eigenvalue weighted by molar-refractivity contribution is 7.46. The van der Waals surface area contributed by atoms with Gasteiger partial charge in [-0.25, -0.2) is 9.13 Å². The number of hydrogen-bond acceptors (Lipinski definition) is 4. The lowest BCUT2D eigenvalue weighted by atomic mass is 10.1. The first-order chi connectivity index (χ1) is 7.64. The molecule has 0 aliphatic carbocycles. The van der Waals surface area contributed by atoms with Gasteiger partial charge < -0.3 is 19.6 Å². The topological polar surface area (TPSA) is 134 Å². The van der Waals surface area contributed by atoms with E-state index in [1.165, 1.54) is 0 Å². The van der Waals surface area contributed by atoms with Gasteiger partial charge in [-0.15, -0.1) is 0 Å². The summed E-state index contributed by atoms with van der Waals surface area (Å²) < 4.78 is 29.7. The second-order valence-corrected chi connectivity index (χ2v) is 5.90. The van der Waals surface area contributed by atoms with Crippen molar-refractivity contribution in [1.82, 2.24) is 0 Å². The Balaban J connectivity index is 4.10. The van der Waals surface area contributed by atoms with Crippen LogP contribution < -0.4 is 0 Å².